The SMILES string of the molecule is C=CCN1C(=O)C(=O)N(CC(=O)NCC(=O)Nc2ccc(F)c(F)c2)C1=O. The highest BCUT2D eigenvalue weighted by atomic mass is 19.2. The van der Waals surface area contributed by atoms with Crippen molar-refractivity contribution >= 4 is 35.3 Å². The molecule has 1 aliphatic rings. The molecule has 1 heterocycles. The van der Waals surface area contributed by atoms with E-state index in [1.807, 2.05) is 0 Å². The average Bonchev–Trinajstić information content (AvgIpc) is 2.81. The number of urea groups is 1. The zero-order chi connectivity index (χ0) is 20.1. The number of rotatable bonds is 7. The van der Waals surface area contributed by atoms with E-state index >= 15 is 0 Å². The summed E-state index contributed by atoms with van der Waals surface area (Å²) in [6.07, 6.45) is 1.25. The molecule has 0 atom stereocenters. The minimum Gasteiger partial charge on any atom is -0.345 e. The largest absolute Gasteiger partial charge is 0.345 e. The maximum Gasteiger partial charge on any atom is 0.335 e. The molecule has 0 aliphatic carbocycles. The molecule has 1 aliphatic heterocycles. The summed E-state index contributed by atoms with van der Waals surface area (Å²) in [4.78, 5) is 59.9. The Morgan fingerprint density at radius 3 is 2.33 bits per heavy atom. The summed E-state index contributed by atoms with van der Waals surface area (Å²) >= 11 is 0. The molecule has 27 heavy (non-hydrogen) atoms. The van der Waals surface area contributed by atoms with Crippen molar-refractivity contribution in [3.8, 4) is 0 Å². The van der Waals surface area contributed by atoms with Crippen molar-refractivity contribution in [2.75, 3.05) is 25.0 Å². The predicted molar refractivity (Wildman–Crippen MR) is 87.0 cm³/mol. The van der Waals surface area contributed by atoms with Crippen LogP contribution in [0.15, 0.2) is 30.9 Å². The van der Waals surface area contributed by atoms with Crippen LogP contribution in [-0.2, 0) is 19.2 Å². The van der Waals surface area contributed by atoms with Crippen molar-refractivity contribution in [1.82, 2.24) is 15.1 Å². The maximum atomic E-state index is 13.1. The molecular weight excluding hydrogens is 366 g/mol. The fraction of sp³-hybridized carbons (Fsp3) is 0.188. The Hall–Kier alpha value is -3.63. The number of benzene rings is 1. The molecule has 2 rings (SSSR count). The zero-order valence-corrected chi connectivity index (χ0v) is 13.8. The highest BCUT2D eigenvalue weighted by molar-refractivity contribution is 6.45. The summed E-state index contributed by atoms with van der Waals surface area (Å²) in [5.41, 5.74) is -0.0243. The van der Waals surface area contributed by atoms with E-state index in [0.29, 0.717) is 9.80 Å². The van der Waals surface area contributed by atoms with Crippen LogP contribution in [0.1, 0.15) is 0 Å². The van der Waals surface area contributed by atoms with E-state index in [4.69, 9.17) is 0 Å². The third kappa shape index (κ3) is 4.51. The van der Waals surface area contributed by atoms with E-state index in [0.717, 1.165) is 18.2 Å². The summed E-state index contributed by atoms with van der Waals surface area (Å²) < 4.78 is 25.9. The third-order valence-electron chi connectivity index (χ3n) is 3.40. The first kappa shape index (κ1) is 19.7. The summed E-state index contributed by atoms with van der Waals surface area (Å²) in [5, 5.41) is 4.37. The summed E-state index contributed by atoms with van der Waals surface area (Å²) in [5.74, 6) is -6.10. The van der Waals surface area contributed by atoms with Crippen LogP contribution in [0.5, 0.6) is 0 Å². The molecule has 0 bridgehead atoms. The van der Waals surface area contributed by atoms with Crippen LogP contribution in [0.2, 0.25) is 0 Å². The quantitative estimate of drug-likeness (QED) is 0.392. The van der Waals surface area contributed by atoms with Crippen molar-refractivity contribution in [2.24, 2.45) is 0 Å². The van der Waals surface area contributed by atoms with Gasteiger partial charge in [0.2, 0.25) is 11.8 Å². The second kappa shape index (κ2) is 8.17. The number of nitrogens with zero attached hydrogens (tertiary/aromatic N) is 2. The van der Waals surface area contributed by atoms with Crippen molar-refractivity contribution in [3.05, 3.63) is 42.5 Å². The second-order valence-corrected chi connectivity index (χ2v) is 5.33. The van der Waals surface area contributed by atoms with Crippen LogP contribution in [-0.4, -0.2) is 59.1 Å². The highest BCUT2D eigenvalue weighted by Gasteiger charge is 2.44. The highest BCUT2D eigenvalue weighted by Crippen LogP contribution is 2.13. The van der Waals surface area contributed by atoms with Gasteiger partial charge >= 0.3 is 17.8 Å². The van der Waals surface area contributed by atoms with Gasteiger partial charge in [-0.05, 0) is 12.1 Å². The molecule has 1 saturated heterocycles. The molecule has 0 saturated carbocycles. The number of hydrogen-bond donors (Lipinski definition) is 2. The summed E-state index contributed by atoms with van der Waals surface area (Å²) in [7, 11) is 0. The van der Waals surface area contributed by atoms with Gasteiger partial charge in [0.25, 0.3) is 0 Å². The Labute approximate surface area is 151 Å². The van der Waals surface area contributed by atoms with Crippen LogP contribution in [0.4, 0.5) is 19.3 Å². The van der Waals surface area contributed by atoms with Crippen molar-refractivity contribution in [3.63, 3.8) is 0 Å². The van der Waals surface area contributed by atoms with Gasteiger partial charge in [0.15, 0.2) is 11.6 Å². The first-order valence-corrected chi connectivity index (χ1v) is 7.54. The second-order valence-electron chi connectivity index (χ2n) is 5.33. The number of amides is 6. The summed E-state index contributed by atoms with van der Waals surface area (Å²) in [6.45, 7) is 1.86. The lowest BCUT2D eigenvalue weighted by Crippen LogP contribution is -2.43. The molecular formula is C16H14F2N4O5. The minimum absolute atomic E-state index is 0.0243. The van der Waals surface area contributed by atoms with E-state index in [9.17, 15) is 32.8 Å². The molecule has 6 amide bonds. The van der Waals surface area contributed by atoms with E-state index in [1.165, 1.54) is 6.08 Å². The Bertz CT molecular complexity index is 842. The average molecular weight is 380 g/mol. The van der Waals surface area contributed by atoms with E-state index in [-0.39, 0.29) is 12.2 Å². The maximum absolute atomic E-state index is 13.1. The van der Waals surface area contributed by atoms with Gasteiger partial charge < -0.3 is 10.6 Å². The molecule has 1 fully saturated rings. The molecule has 0 spiro atoms. The van der Waals surface area contributed by atoms with Crippen LogP contribution in [0.25, 0.3) is 0 Å². The van der Waals surface area contributed by atoms with Crippen molar-refractivity contribution in [2.45, 2.75) is 0 Å². The Kier molecular flexibility index (Phi) is 5.96. The molecule has 0 unspecified atom stereocenters. The topological polar surface area (TPSA) is 116 Å². The van der Waals surface area contributed by atoms with Crippen LogP contribution < -0.4 is 10.6 Å². The number of anilines is 1. The fourth-order valence-corrected chi connectivity index (χ4v) is 2.14. The number of imide groups is 2. The minimum atomic E-state index is -1.16. The van der Waals surface area contributed by atoms with Gasteiger partial charge in [-0.15, -0.1) is 6.58 Å². The van der Waals surface area contributed by atoms with Crippen LogP contribution >= 0.6 is 0 Å². The van der Waals surface area contributed by atoms with Crippen molar-refractivity contribution < 1.29 is 32.8 Å². The fourth-order valence-electron chi connectivity index (χ4n) is 2.14. The predicted octanol–water partition coefficient (Wildman–Crippen LogP) is -0.00370. The Morgan fingerprint density at radius 1 is 1.04 bits per heavy atom. The Morgan fingerprint density at radius 2 is 1.70 bits per heavy atom. The summed E-state index contributed by atoms with van der Waals surface area (Å²) in [6, 6.07) is 1.74. The number of carbonyl (C=O) groups is 5. The van der Waals surface area contributed by atoms with Gasteiger partial charge in [0.05, 0.1) is 6.54 Å². The number of carbonyl (C=O) groups excluding carboxylic acids is 5. The zero-order valence-electron chi connectivity index (χ0n) is 13.8. The standard InChI is InChI=1S/C16H14F2N4O5/c1-2-5-21-14(25)15(26)22(16(21)27)8-13(24)19-7-12(23)20-9-3-4-10(17)11(18)6-9/h2-4,6H,1,5,7-8H2,(H,19,24)(H,20,23). The van der Waals surface area contributed by atoms with Crippen molar-refractivity contribution in [1.29, 1.82) is 0 Å². The first-order chi connectivity index (χ1) is 12.7. The number of halogens is 2. The van der Waals surface area contributed by atoms with Gasteiger partial charge in [0.1, 0.15) is 6.54 Å². The first-order valence-electron chi connectivity index (χ1n) is 7.54. The van der Waals surface area contributed by atoms with E-state index in [2.05, 4.69) is 17.2 Å². The lowest BCUT2D eigenvalue weighted by Gasteiger charge is -2.14. The number of hydrogen-bond acceptors (Lipinski definition) is 5. The molecule has 2 N–H and O–H groups in total. The molecule has 1 aromatic rings. The molecule has 9 nitrogen and oxygen atoms in total. The molecule has 11 heteroatoms. The lowest BCUT2D eigenvalue weighted by molar-refractivity contribution is -0.143. The van der Waals surface area contributed by atoms with Gasteiger partial charge in [-0.25, -0.2) is 18.5 Å². The normalized spacial score (nSPS) is 13.8. The monoisotopic (exact) mass is 380 g/mol. The van der Waals surface area contributed by atoms with Crippen LogP contribution in [0, 0.1) is 11.6 Å². The number of nitrogens with one attached hydrogen (secondary N) is 2. The van der Waals surface area contributed by atoms with E-state index in [1.54, 1.807) is 0 Å². The molecule has 0 aromatic heterocycles. The molecule has 0 radical (unpaired) electrons. The van der Waals surface area contributed by atoms with E-state index < -0.39 is 54.4 Å². The lowest BCUT2D eigenvalue weighted by atomic mass is 10.3. The van der Waals surface area contributed by atoms with Gasteiger partial charge in [-0.1, -0.05) is 6.08 Å². The Balaban J connectivity index is 1.86. The van der Waals surface area contributed by atoms with Gasteiger partial charge in [0, 0.05) is 18.3 Å². The van der Waals surface area contributed by atoms with Crippen LogP contribution in [0.3, 0.4) is 0 Å². The molecule has 1 aromatic carbocycles. The van der Waals surface area contributed by atoms with Gasteiger partial charge in [-0.3, -0.25) is 24.1 Å². The van der Waals surface area contributed by atoms with Gasteiger partial charge in [-0.2, -0.15) is 0 Å². The smallest absolute Gasteiger partial charge is 0.335 e. The third-order valence-corrected chi connectivity index (χ3v) is 3.40. The molecule has 142 valence electrons.